The molecule has 0 aliphatic carbocycles. The van der Waals surface area contributed by atoms with E-state index in [4.69, 9.17) is 4.74 Å². The van der Waals surface area contributed by atoms with Crippen molar-refractivity contribution in [1.82, 2.24) is 4.98 Å². The number of anilines is 1. The van der Waals surface area contributed by atoms with Crippen LogP contribution in [0.4, 0.5) is 5.69 Å². The Balaban J connectivity index is 1.63. The van der Waals surface area contributed by atoms with Gasteiger partial charge < -0.3 is 9.84 Å². The van der Waals surface area contributed by atoms with Gasteiger partial charge in [0.2, 0.25) is 11.8 Å². The molecule has 7 heteroatoms. The third-order valence-corrected chi connectivity index (χ3v) is 6.66. The lowest BCUT2D eigenvalue weighted by Crippen LogP contribution is -2.49. The molecule has 0 spiro atoms. The van der Waals surface area contributed by atoms with E-state index in [0.717, 1.165) is 10.2 Å². The maximum absolute atomic E-state index is 13.1. The van der Waals surface area contributed by atoms with Crippen LogP contribution in [0.25, 0.3) is 10.2 Å². The van der Waals surface area contributed by atoms with Crippen molar-refractivity contribution in [3.63, 3.8) is 0 Å². The van der Waals surface area contributed by atoms with Gasteiger partial charge in [-0.05, 0) is 32.0 Å². The van der Waals surface area contributed by atoms with Gasteiger partial charge in [0.1, 0.15) is 5.60 Å². The van der Waals surface area contributed by atoms with Gasteiger partial charge in [-0.15, -0.1) is 11.3 Å². The molecule has 3 saturated heterocycles. The van der Waals surface area contributed by atoms with Crippen LogP contribution >= 0.6 is 11.3 Å². The number of aliphatic hydroxyl groups excluding tert-OH is 1. The quantitative estimate of drug-likeness (QED) is 0.797. The molecule has 2 aromatic rings. The van der Waals surface area contributed by atoms with Crippen LogP contribution in [0.3, 0.4) is 0 Å². The Morgan fingerprint density at radius 3 is 2.83 bits per heavy atom. The Morgan fingerprint density at radius 2 is 2.04 bits per heavy atom. The molecule has 1 N–H and O–H groups in total. The van der Waals surface area contributed by atoms with Crippen molar-refractivity contribution in [2.75, 3.05) is 4.90 Å². The van der Waals surface area contributed by atoms with Crippen LogP contribution in [0.5, 0.6) is 0 Å². The van der Waals surface area contributed by atoms with Crippen LogP contribution in [-0.4, -0.2) is 39.2 Å². The minimum Gasteiger partial charge on any atom is -0.390 e. The Bertz CT molecular complexity index is 911. The molecule has 2 unspecified atom stereocenters. The van der Waals surface area contributed by atoms with E-state index in [9.17, 15) is 14.7 Å². The number of imide groups is 1. The molecule has 5 atom stereocenters. The smallest absolute Gasteiger partial charge is 0.240 e. The zero-order valence-corrected chi connectivity index (χ0v) is 14.0. The van der Waals surface area contributed by atoms with Crippen molar-refractivity contribution in [3.05, 3.63) is 23.7 Å². The van der Waals surface area contributed by atoms with Crippen molar-refractivity contribution >= 4 is 39.1 Å². The molecule has 0 saturated carbocycles. The molecule has 24 heavy (non-hydrogen) atoms. The molecule has 2 amide bonds. The Kier molecular flexibility index (Phi) is 2.55. The van der Waals surface area contributed by atoms with Crippen LogP contribution in [0, 0.1) is 11.8 Å². The second kappa shape index (κ2) is 4.22. The van der Waals surface area contributed by atoms with Crippen molar-refractivity contribution in [3.8, 4) is 0 Å². The summed E-state index contributed by atoms with van der Waals surface area (Å²) < 4.78 is 6.92. The van der Waals surface area contributed by atoms with E-state index in [1.807, 2.05) is 19.1 Å². The minimum absolute atomic E-state index is 0.230. The van der Waals surface area contributed by atoms with Gasteiger partial charge in [0.05, 0.1) is 45.0 Å². The number of hydrogen-bond acceptors (Lipinski definition) is 6. The monoisotopic (exact) mass is 344 g/mol. The number of nitrogens with zero attached hydrogens (tertiary/aromatic N) is 2. The molecule has 124 valence electrons. The summed E-state index contributed by atoms with van der Waals surface area (Å²) in [6.45, 7) is 3.57. The number of thiazole rings is 1. The van der Waals surface area contributed by atoms with Crippen molar-refractivity contribution < 1.29 is 19.4 Å². The standard InChI is InChI=1S/C17H16N2O4S/c1-16-6-11(20)17(2,23-16)13-12(16)14(21)19(15(13)22)8-3-4-9-10(5-8)24-7-18-9/h3-5,7,11-13,20H,6H2,1-2H3/t11-,12+,13-,16?,17?/m0/s1. The highest BCUT2D eigenvalue weighted by Gasteiger charge is 2.75. The van der Waals surface area contributed by atoms with Gasteiger partial charge in [-0.25, -0.2) is 9.88 Å². The highest BCUT2D eigenvalue weighted by Crippen LogP contribution is 2.61. The number of fused-ring (bicyclic) bond motifs is 6. The van der Waals surface area contributed by atoms with Crippen molar-refractivity contribution in [2.45, 2.75) is 37.6 Å². The number of ether oxygens (including phenoxy) is 1. The fourth-order valence-corrected chi connectivity index (χ4v) is 5.47. The summed E-state index contributed by atoms with van der Waals surface area (Å²) in [4.78, 5) is 31.6. The Morgan fingerprint density at radius 1 is 1.29 bits per heavy atom. The van der Waals surface area contributed by atoms with Gasteiger partial charge in [0.15, 0.2) is 0 Å². The van der Waals surface area contributed by atoms with Gasteiger partial charge in [-0.2, -0.15) is 0 Å². The average molecular weight is 344 g/mol. The van der Waals surface area contributed by atoms with Gasteiger partial charge in [-0.1, -0.05) is 0 Å². The minimum atomic E-state index is -0.991. The molecule has 2 bridgehead atoms. The topological polar surface area (TPSA) is 79.7 Å². The highest BCUT2D eigenvalue weighted by atomic mass is 32.1. The van der Waals surface area contributed by atoms with E-state index in [0.29, 0.717) is 12.1 Å². The van der Waals surface area contributed by atoms with Crippen molar-refractivity contribution in [1.29, 1.82) is 0 Å². The maximum atomic E-state index is 13.1. The largest absolute Gasteiger partial charge is 0.390 e. The van der Waals surface area contributed by atoms with Crippen LogP contribution in [0.1, 0.15) is 20.3 Å². The van der Waals surface area contributed by atoms with E-state index < -0.39 is 29.1 Å². The second-order valence-corrected chi connectivity index (χ2v) is 8.18. The number of amides is 2. The first-order valence-electron chi connectivity index (χ1n) is 7.94. The summed E-state index contributed by atoms with van der Waals surface area (Å²) in [6.07, 6.45) is -0.352. The van der Waals surface area contributed by atoms with Gasteiger partial charge in [0.25, 0.3) is 0 Å². The summed E-state index contributed by atoms with van der Waals surface area (Å²) in [5.74, 6) is -1.67. The molecule has 4 heterocycles. The predicted octanol–water partition coefficient (Wildman–Crippen LogP) is 1.71. The lowest BCUT2D eigenvalue weighted by molar-refractivity contribution is -0.132. The van der Waals surface area contributed by atoms with E-state index >= 15 is 0 Å². The first kappa shape index (κ1) is 14.5. The molecule has 3 fully saturated rings. The molecule has 0 radical (unpaired) electrons. The molecule has 1 aromatic heterocycles. The first-order chi connectivity index (χ1) is 11.3. The number of rotatable bonds is 1. The number of benzene rings is 1. The van der Waals surface area contributed by atoms with Gasteiger partial charge in [-0.3, -0.25) is 9.59 Å². The summed E-state index contributed by atoms with van der Waals surface area (Å²) in [5.41, 5.74) is 1.38. The van der Waals surface area contributed by atoms with Crippen molar-refractivity contribution in [2.24, 2.45) is 11.8 Å². The van der Waals surface area contributed by atoms with Crippen LogP contribution in [0.2, 0.25) is 0 Å². The summed E-state index contributed by atoms with van der Waals surface area (Å²) >= 11 is 1.47. The fraction of sp³-hybridized carbons (Fsp3) is 0.471. The highest BCUT2D eigenvalue weighted by molar-refractivity contribution is 7.16. The maximum Gasteiger partial charge on any atom is 0.240 e. The zero-order valence-electron chi connectivity index (χ0n) is 13.2. The molecule has 3 aliphatic rings. The summed E-state index contributed by atoms with van der Waals surface area (Å²) in [5, 5.41) is 10.4. The fourth-order valence-electron chi connectivity index (χ4n) is 4.76. The number of aliphatic hydroxyl groups is 1. The number of carbonyl (C=O) groups excluding carboxylic acids is 2. The van der Waals surface area contributed by atoms with Gasteiger partial charge in [0, 0.05) is 6.42 Å². The predicted molar refractivity (Wildman–Crippen MR) is 87.6 cm³/mol. The normalized spacial score (nSPS) is 40.8. The Labute approximate surface area is 142 Å². The molecule has 3 aliphatic heterocycles. The third kappa shape index (κ3) is 1.51. The lowest BCUT2D eigenvalue weighted by atomic mass is 9.67. The number of carbonyl (C=O) groups is 2. The van der Waals surface area contributed by atoms with Crippen LogP contribution < -0.4 is 4.90 Å². The lowest BCUT2D eigenvalue weighted by Gasteiger charge is -2.31. The number of aromatic nitrogens is 1. The molecular weight excluding hydrogens is 328 g/mol. The van der Waals surface area contributed by atoms with E-state index in [2.05, 4.69) is 4.98 Å². The Hall–Kier alpha value is -1.83. The molecule has 1 aromatic carbocycles. The van der Waals surface area contributed by atoms with E-state index in [-0.39, 0.29) is 11.8 Å². The molecule has 6 nitrogen and oxygen atoms in total. The summed E-state index contributed by atoms with van der Waals surface area (Å²) in [7, 11) is 0. The van der Waals surface area contributed by atoms with E-state index in [1.165, 1.54) is 16.2 Å². The SMILES string of the molecule is CC12C[C@H](O)C(C)(O1)[C@@H]1C(=O)N(c3ccc4ncsc4c3)C(=O)[C@@H]12. The number of hydrogen-bond donors (Lipinski definition) is 1. The molecular formula is C17H16N2O4S. The summed E-state index contributed by atoms with van der Waals surface area (Å²) in [6, 6.07) is 5.40. The third-order valence-electron chi connectivity index (χ3n) is 5.87. The van der Waals surface area contributed by atoms with Crippen LogP contribution in [0.15, 0.2) is 23.7 Å². The van der Waals surface area contributed by atoms with E-state index in [1.54, 1.807) is 18.5 Å². The molecule has 5 rings (SSSR count). The van der Waals surface area contributed by atoms with Crippen LogP contribution in [-0.2, 0) is 14.3 Å². The average Bonchev–Trinajstić information content (AvgIpc) is 3.19. The second-order valence-electron chi connectivity index (χ2n) is 7.29. The van der Waals surface area contributed by atoms with Gasteiger partial charge >= 0.3 is 0 Å². The first-order valence-corrected chi connectivity index (χ1v) is 8.82. The zero-order chi connectivity index (χ0) is 16.9.